The van der Waals surface area contributed by atoms with Crippen molar-refractivity contribution in [1.82, 2.24) is 18.3 Å². The summed E-state index contributed by atoms with van der Waals surface area (Å²) >= 11 is 0. The standard InChI is InChI=1S/C17H22N4O4S/c1-18-9-10-21(14(11-18)13-7-5-4-6-8-13)26(24,25)15-12-19(2)17(23)20(3)16(15)22/h4-8,12,14H,9-11H2,1-3H3/t14-/m0/s1. The van der Waals surface area contributed by atoms with Crippen LogP contribution in [0.3, 0.4) is 0 Å². The van der Waals surface area contributed by atoms with Crippen LogP contribution in [0.15, 0.2) is 51.0 Å². The third kappa shape index (κ3) is 3.13. The van der Waals surface area contributed by atoms with Crippen molar-refractivity contribution < 1.29 is 8.42 Å². The maximum atomic E-state index is 13.3. The molecule has 8 nitrogen and oxygen atoms in total. The van der Waals surface area contributed by atoms with E-state index in [2.05, 4.69) is 4.90 Å². The molecule has 1 fully saturated rings. The van der Waals surface area contributed by atoms with Gasteiger partial charge in [0.2, 0.25) is 0 Å². The molecule has 1 atom stereocenters. The summed E-state index contributed by atoms with van der Waals surface area (Å²) in [5.74, 6) is 0. The molecule has 140 valence electrons. The molecular weight excluding hydrogens is 356 g/mol. The maximum absolute atomic E-state index is 13.3. The van der Waals surface area contributed by atoms with E-state index in [1.165, 1.54) is 18.4 Å². The number of piperazine rings is 1. The molecule has 9 heteroatoms. The van der Waals surface area contributed by atoms with Crippen LogP contribution >= 0.6 is 0 Å². The van der Waals surface area contributed by atoms with Crippen molar-refractivity contribution in [2.75, 3.05) is 26.7 Å². The van der Waals surface area contributed by atoms with Crippen LogP contribution in [0.25, 0.3) is 0 Å². The summed E-state index contributed by atoms with van der Waals surface area (Å²) < 4.78 is 29.9. The summed E-state index contributed by atoms with van der Waals surface area (Å²) in [6.45, 7) is 1.36. The predicted molar refractivity (Wildman–Crippen MR) is 97.5 cm³/mol. The summed E-state index contributed by atoms with van der Waals surface area (Å²) in [6, 6.07) is 8.95. The van der Waals surface area contributed by atoms with Gasteiger partial charge in [0.1, 0.15) is 0 Å². The molecule has 1 aromatic carbocycles. The van der Waals surface area contributed by atoms with Gasteiger partial charge in [-0.25, -0.2) is 13.2 Å². The van der Waals surface area contributed by atoms with Gasteiger partial charge in [0, 0.05) is 39.9 Å². The van der Waals surface area contributed by atoms with Gasteiger partial charge >= 0.3 is 5.69 Å². The smallest absolute Gasteiger partial charge is 0.303 e. The lowest BCUT2D eigenvalue weighted by atomic mass is 10.1. The Labute approximate surface area is 151 Å². The van der Waals surface area contributed by atoms with Crippen LogP contribution in [-0.2, 0) is 24.1 Å². The van der Waals surface area contributed by atoms with E-state index in [-0.39, 0.29) is 11.4 Å². The van der Waals surface area contributed by atoms with Crippen LogP contribution in [0.2, 0.25) is 0 Å². The Hall–Kier alpha value is -2.23. The largest absolute Gasteiger partial charge is 0.330 e. The van der Waals surface area contributed by atoms with Gasteiger partial charge in [-0.05, 0) is 12.6 Å². The second-order valence-corrected chi connectivity index (χ2v) is 8.41. The number of hydrogen-bond donors (Lipinski definition) is 0. The number of aromatic nitrogens is 2. The number of hydrogen-bond acceptors (Lipinski definition) is 5. The van der Waals surface area contributed by atoms with Crippen LogP contribution < -0.4 is 11.2 Å². The van der Waals surface area contributed by atoms with Gasteiger partial charge in [-0.1, -0.05) is 30.3 Å². The molecule has 2 aromatic rings. The minimum atomic E-state index is -4.06. The van der Waals surface area contributed by atoms with Crippen molar-refractivity contribution in [3.63, 3.8) is 0 Å². The third-order valence-corrected chi connectivity index (χ3v) is 6.61. The van der Waals surface area contributed by atoms with Crippen LogP contribution in [-0.4, -0.2) is 53.4 Å². The third-order valence-electron chi connectivity index (χ3n) is 4.72. The molecule has 0 N–H and O–H groups in total. The average Bonchev–Trinajstić information content (AvgIpc) is 2.63. The van der Waals surface area contributed by atoms with Crippen molar-refractivity contribution in [1.29, 1.82) is 0 Å². The number of sulfonamides is 1. The highest BCUT2D eigenvalue weighted by Gasteiger charge is 2.38. The van der Waals surface area contributed by atoms with Gasteiger partial charge in [0.25, 0.3) is 15.6 Å². The molecule has 1 saturated heterocycles. The van der Waals surface area contributed by atoms with Crippen LogP contribution in [0.5, 0.6) is 0 Å². The highest BCUT2D eigenvalue weighted by atomic mass is 32.2. The monoisotopic (exact) mass is 378 g/mol. The van der Waals surface area contributed by atoms with Gasteiger partial charge in [-0.3, -0.25) is 9.36 Å². The topological polar surface area (TPSA) is 84.6 Å². The Morgan fingerprint density at radius 1 is 1.00 bits per heavy atom. The van der Waals surface area contributed by atoms with E-state index in [4.69, 9.17) is 0 Å². The van der Waals surface area contributed by atoms with Gasteiger partial charge in [-0.2, -0.15) is 4.31 Å². The van der Waals surface area contributed by atoms with E-state index in [0.717, 1.165) is 20.9 Å². The summed E-state index contributed by atoms with van der Waals surface area (Å²) in [5, 5.41) is 0. The Bertz CT molecular complexity index is 1030. The number of rotatable bonds is 3. The molecule has 26 heavy (non-hydrogen) atoms. The van der Waals surface area contributed by atoms with Gasteiger partial charge in [0.05, 0.1) is 6.04 Å². The van der Waals surface area contributed by atoms with E-state index in [9.17, 15) is 18.0 Å². The first kappa shape index (κ1) is 18.6. The second-order valence-electron chi connectivity index (χ2n) is 6.56. The summed E-state index contributed by atoms with van der Waals surface area (Å²) in [7, 11) is 0.584. The van der Waals surface area contributed by atoms with Crippen LogP contribution in [0, 0.1) is 0 Å². The fraction of sp³-hybridized carbons (Fsp3) is 0.412. The second kappa shape index (κ2) is 6.82. The molecule has 0 aliphatic carbocycles. The first-order valence-electron chi connectivity index (χ1n) is 8.25. The van der Waals surface area contributed by atoms with Gasteiger partial charge in [-0.15, -0.1) is 0 Å². The van der Waals surface area contributed by atoms with E-state index in [1.54, 1.807) is 0 Å². The number of nitrogens with zero attached hydrogens (tertiary/aromatic N) is 4. The lowest BCUT2D eigenvalue weighted by molar-refractivity contribution is 0.160. The van der Waals surface area contributed by atoms with E-state index in [0.29, 0.717) is 13.1 Å². The minimum absolute atomic E-state index is 0.268. The Morgan fingerprint density at radius 3 is 2.31 bits per heavy atom. The zero-order valence-electron chi connectivity index (χ0n) is 15.0. The quantitative estimate of drug-likeness (QED) is 0.736. The first-order valence-corrected chi connectivity index (χ1v) is 9.69. The van der Waals surface area contributed by atoms with E-state index in [1.807, 2.05) is 37.4 Å². The highest BCUT2D eigenvalue weighted by molar-refractivity contribution is 7.89. The van der Waals surface area contributed by atoms with Crippen LogP contribution in [0.4, 0.5) is 0 Å². The van der Waals surface area contributed by atoms with Crippen molar-refractivity contribution >= 4 is 10.0 Å². The van der Waals surface area contributed by atoms with Crippen LogP contribution in [0.1, 0.15) is 11.6 Å². The van der Waals surface area contributed by atoms with E-state index >= 15 is 0 Å². The average molecular weight is 378 g/mol. The highest BCUT2D eigenvalue weighted by Crippen LogP contribution is 2.29. The molecule has 1 aliphatic rings. The van der Waals surface area contributed by atoms with Gasteiger partial charge < -0.3 is 9.47 Å². The van der Waals surface area contributed by atoms with Gasteiger partial charge in [0.15, 0.2) is 4.90 Å². The summed E-state index contributed by atoms with van der Waals surface area (Å²) in [5.41, 5.74) is -0.505. The Balaban J connectivity index is 2.14. The number of likely N-dealkylation sites (N-methyl/N-ethyl adjacent to an activating group) is 1. The predicted octanol–water partition coefficient (Wildman–Crippen LogP) is -0.239. The number of aryl methyl sites for hydroxylation is 1. The molecule has 0 spiro atoms. The normalized spacial score (nSPS) is 19.6. The van der Waals surface area contributed by atoms with E-state index < -0.39 is 27.3 Å². The Morgan fingerprint density at radius 2 is 1.65 bits per heavy atom. The first-order chi connectivity index (χ1) is 12.2. The Kier molecular flexibility index (Phi) is 4.87. The molecule has 0 saturated carbocycles. The molecule has 0 bridgehead atoms. The van der Waals surface area contributed by atoms with Crippen molar-refractivity contribution in [2.24, 2.45) is 14.1 Å². The zero-order valence-corrected chi connectivity index (χ0v) is 15.8. The molecule has 1 aromatic heterocycles. The lowest BCUT2D eigenvalue weighted by Crippen LogP contribution is -2.51. The summed E-state index contributed by atoms with van der Waals surface area (Å²) in [4.78, 5) is 26.0. The minimum Gasteiger partial charge on any atom is -0.303 e. The molecule has 1 aliphatic heterocycles. The molecule has 0 amide bonds. The lowest BCUT2D eigenvalue weighted by Gasteiger charge is -2.39. The molecule has 0 unspecified atom stereocenters. The molecule has 2 heterocycles. The SMILES string of the molecule is CN1CCN(S(=O)(=O)c2cn(C)c(=O)n(C)c2=O)[C@H](c2ccccc2)C1. The zero-order chi connectivity index (χ0) is 19.1. The summed E-state index contributed by atoms with van der Waals surface area (Å²) in [6.07, 6.45) is 1.11. The fourth-order valence-corrected chi connectivity index (χ4v) is 4.96. The van der Waals surface area contributed by atoms with Crippen molar-refractivity contribution in [3.8, 4) is 0 Å². The maximum Gasteiger partial charge on any atom is 0.330 e. The fourth-order valence-electron chi connectivity index (χ4n) is 3.22. The molecule has 0 radical (unpaired) electrons. The van der Waals surface area contributed by atoms with Crippen molar-refractivity contribution in [3.05, 3.63) is 62.9 Å². The van der Waals surface area contributed by atoms with Crippen molar-refractivity contribution in [2.45, 2.75) is 10.9 Å². The molecular formula is C17H22N4O4S. The molecule has 3 rings (SSSR count). The number of benzene rings is 1.